The lowest BCUT2D eigenvalue weighted by atomic mass is 10.3. The van der Waals surface area contributed by atoms with Gasteiger partial charge in [-0.1, -0.05) is 6.07 Å². The first kappa shape index (κ1) is 10.9. The second-order valence-corrected chi connectivity index (χ2v) is 4.95. The maximum absolute atomic E-state index is 5.57. The van der Waals surface area contributed by atoms with Crippen molar-refractivity contribution in [1.82, 2.24) is 9.55 Å². The number of imidazole rings is 1. The van der Waals surface area contributed by atoms with Crippen molar-refractivity contribution in [2.45, 2.75) is 6.42 Å². The van der Waals surface area contributed by atoms with E-state index in [-0.39, 0.29) is 0 Å². The number of hydrogen-bond acceptors (Lipinski definition) is 3. The fourth-order valence-electron chi connectivity index (χ4n) is 1.53. The van der Waals surface area contributed by atoms with E-state index in [2.05, 4.69) is 36.9 Å². The highest BCUT2D eigenvalue weighted by Gasteiger charge is 2.13. The number of hydrogen-bond donors (Lipinski definition) is 1. The van der Waals surface area contributed by atoms with Crippen LogP contribution in [0.5, 0.6) is 0 Å². The van der Waals surface area contributed by atoms with Gasteiger partial charge in [-0.25, -0.2) is 4.98 Å². The van der Waals surface area contributed by atoms with Crippen LogP contribution >= 0.6 is 27.3 Å². The average molecular weight is 286 g/mol. The first-order valence-corrected chi connectivity index (χ1v) is 6.36. The third kappa shape index (κ3) is 2.00. The lowest BCUT2D eigenvalue weighted by Crippen LogP contribution is -2.07. The number of rotatable bonds is 3. The van der Waals surface area contributed by atoms with Crippen LogP contribution < -0.4 is 5.73 Å². The minimum absolute atomic E-state index is 0.641. The van der Waals surface area contributed by atoms with Gasteiger partial charge in [0.25, 0.3) is 0 Å². The summed E-state index contributed by atoms with van der Waals surface area (Å²) < 4.78 is 3.00. The molecule has 0 aliphatic rings. The van der Waals surface area contributed by atoms with Crippen LogP contribution in [0.4, 0.5) is 0 Å². The molecule has 0 amide bonds. The van der Waals surface area contributed by atoms with Crippen molar-refractivity contribution >= 4 is 27.3 Å². The molecule has 0 unspecified atom stereocenters. The Hall–Kier alpha value is -0.650. The molecule has 15 heavy (non-hydrogen) atoms. The molecule has 2 rings (SSSR count). The molecule has 2 aromatic rings. The Morgan fingerprint density at radius 3 is 3.00 bits per heavy atom. The van der Waals surface area contributed by atoms with Crippen LogP contribution in [0.1, 0.15) is 5.69 Å². The predicted octanol–water partition coefficient (Wildman–Crippen LogP) is 2.41. The number of thiophene rings is 1. The van der Waals surface area contributed by atoms with Crippen molar-refractivity contribution in [3.05, 3.63) is 27.8 Å². The van der Waals surface area contributed by atoms with Gasteiger partial charge in [-0.2, -0.15) is 0 Å². The molecular weight excluding hydrogens is 274 g/mol. The molecule has 0 saturated heterocycles. The Labute approximate surface area is 101 Å². The summed E-state index contributed by atoms with van der Waals surface area (Å²) in [6.07, 6.45) is 0.843. The summed E-state index contributed by atoms with van der Waals surface area (Å²) in [5.74, 6) is 1.00. The van der Waals surface area contributed by atoms with Crippen LogP contribution in [0.15, 0.2) is 22.1 Å². The summed E-state index contributed by atoms with van der Waals surface area (Å²) in [5.41, 5.74) is 6.72. The summed E-state index contributed by atoms with van der Waals surface area (Å²) in [6, 6.07) is 4.11. The van der Waals surface area contributed by atoms with Gasteiger partial charge in [-0.3, -0.25) is 0 Å². The smallest absolute Gasteiger partial charge is 0.151 e. The molecule has 5 heteroatoms. The van der Waals surface area contributed by atoms with Gasteiger partial charge in [0.1, 0.15) is 4.60 Å². The van der Waals surface area contributed by atoms with Gasteiger partial charge in [0.05, 0.1) is 10.6 Å². The molecule has 80 valence electrons. The van der Waals surface area contributed by atoms with Crippen molar-refractivity contribution < 1.29 is 0 Å². The SMILES string of the molecule is Cn1c(-c2cccs2)nc(Br)c1CCN. The highest BCUT2D eigenvalue weighted by molar-refractivity contribution is 9.10. The highest BCUT2D eigenvalue weighted by Crippen LogP contribution is 2.28. The van der Waals surface area contributed by atoms with Gasteiger partial charge in [0.15, 0.2) is 5.82 Å². The summed E-state index contributed by atoms with van der Waals surface area (Å²) >= 11 is 5.17. The number of aromatic nitrogens is 2. The van der Waals surface area contributed by atoms with Crippen LogP contribution in [-0.2, 0) is 13.5 Å². The highest BCUT2D eigenvalue weighted by atomic mass is 79.9. The monoisotopic (exact) mass is 285 g/mol. The quantitative estimate of drug-likeness (QED) is 0.941. The first-order valence-electron chi connectivity index (χ1n) is 4.69. The molecule has 0 aliphatic heterocycles. The summed E-state index contributed by atoms with van der Waals surface area (Å²) in [6.45, 7) is 0.641. The van der Waals surface area contributed by atoms with Crippen molar-refractivity contribution in [1.29, 1.82) is 0 Å². The van der Waals surface area contributed by atoms with E-state index in [1.807, 2.05) is 13.1 Å². The van der Waals surface area contributed by atoms with Gasteiger partial charge in [-0.05, 0) is 33.9 Å². The normalized spacial score (nSPS) is 10.9. The molecule has 0 aromatic carbocycles. The minimum Gasteiger partial charge on any atom is -0.330 e. The molecule has 0 aliphatic carbocycles. The van der Waals surface area contributed by atoms with Crippen LogP contribution in [-0.4, -0.2) is 16.1 Å². The maximum atomic E-state index is 5.57. The van der Waals surface area contributed by atoms with Crippen LogP contribution in [0.3, 0.4) is 0 Å². The summed E-state index contributed by atoms with van der Waals surface area (Å²) in [4.78, 5) is 5.69. The van der Waals surface area contributed by atoms with E-state index in [0.717, 1.165) is 22.5 Å². The minimum atomic E-state index is 0.641. The molecule has 0 radical (unpaired) electrons. The van der Waals surface area contributed by atoms with Crippen LogP contribution in [0.25, 0.3) is 10.7 Å². The summed E-state index contributed by atoms with van der Waals surface area (Å²) in [5, 5.41) is 2.06. The van der Waals surface area contributed by atoms with E-state index >= 15 is 0 Å². The Morgan fingerprint density at radius 1 is 1.60 bits per heavy atom. The molecule has 3 nitrogen and oxygen atoms in total. The van der Waals surface area contributed by atoms with E-state index in [9.17, 15) is 0 Å². The van der Waals surface area contributed by atoms with Crippen molar-refractivity contribution in [3.8, 4) is 10.7 Å². The molecule has 2 aromatic heterocycles. The fourth-order valence-corrected chi connectivity index (χ4v) is 2.91. The number of nitrogens with two attached hydrogens (primary N) is 1. The number of nitrogens with zero attached hydrogens (tertiary/aromatic N) is 2. The fraction of sp³-hybridized carbons (Fsp3) is 0.300. The third-order valence-corrected chi connectivity index (χ3v) is 3.79. The molecule has 2 N–H and O–H groups in total. The van der Waals surface area contributed by atoms with Gasteiger partial charge in [0, 0.05) is 13.5 Å². The Balaban J connectivity index is 2.46. The molecule has 0 fully saturated rings. The second-order valence-electron chi connectivity index (χ2n) is 3.25. The van der Waals surface area contributed by atoms with Crippen molar-refractivity contribution in [2.75, 3.05) is 6.54 Å². The molecule has 2 heterocycles. The van der Waals surface area contributed by atoms with E-state index in [0.29, 0.717) is 6.54 Å². The molecule has 0 spiro atoms. The summed E-state index contributed by atoms with van der Waals surface area (Å²) in [7, 11) is 2.03. The van der Waals surface area contributed by atoms with E-state index in [4.69, 9.17) is 5.73 Å². The van der Waals surface area contributed by atoms with Gasteiger partial charge >= 0.3 is 0 Å². The largest absolute Gasteiger partial charge is 0.330 e. The van der Waals surface area contributed by atoms with Crippen molar-refractivity contribution in [2.24, 2.45) is 12.8 Å². The lowest BCUT2D eigenvalue weighted by molar-refractivity contribution is 0.809. The van der Waals surface area contributed by atoms with E-state index < -0.39 is 0 Å². The Bertz CT molecular complexity index is 447. The van der Waals surface area contributed by atoms with E-state index in [1.54, 1.807) is 11.3 Å². The predicted molar refractivity (Wildman–Crippen MR) is 67.0 cm³/mol. The lowest BCUT2D eigenvalue weighted by Gasteiger charge is -2.03. The third-order valence-electron chi connectivity index (χ3n) is 2.29. The average Bonchev–Trinajstić information content (AvgIpc) is 2.81. The maximum Gasteiger partial charge on any atom is 0.151 e. The molecule has 0 bridgehead atoms. The van der Waals surface area contributed by atoms with Gasteiger partial charge in [0.2, 0.25) is 0 Å². The molecular formula is C10H12BrN3S. The molecule has 0 saturated carbocycles. The second kappa shape index (κ2) is 4.47. The Kier molecular flexibility index (Phi) is 3.23. The topological polar surface area (TPSA) is 43.8 Å². The van der Waals surface area contributed by atoms with Crippen LogP contribution in [0, 0.1) is 0 Å². The molecule has 0 atom stereocenters. The number of halogens is 1. The zero-order chi connectivity index (χ0) is 10.8. The van der Waals surface area contributed by atoms with E-state index in [1.165, 1.54) is 4.88 Å². The van der Waals surface area contributed by atoms with Gasteiger partial charge < -0.3 is 10.3 Å². The first-order chi connectivity index (χ1) is 7.24. The Morgan fingerprint density at radius 2 is 2.40 bits per heavy atom. The standard InChI is InChI=1S/C10H12BrN3S/c1-14-7(4-5-12)9(11)13-10(14)8-3-2-6-15-8/h2-3,6H,4-5,12H2,1H3. The van der Waals surface area contributed by atoms with Crippen LogP contribution in [0.2, 0.25) is 0 Å². The zero-order valence-electron chi connectivity index (χ0n) is 8.40. The van der Waals surface area contributed by atoms with Crippen molar-refractivity contribution in [3.63, 3.8) is 0 Å². The van der Waals surface area contributed by atoms with Gasteiger partial charge in [-0.15, -0.1) is 11.3 Å². The zero-order valence-corrected chi connectivity index (χ0v) is 10.8.